The van der Waals surface area contributed by atoms with E-state index in [9.17, 15) is 4.79 Å². The molecule has 0 spiro atoms. The molecule has 1 fully saturated rings. The molecule has 1 aliphatic rings. The van der Waals surface area contributed by atoms with Crippen molar-refractivity contribution in [2.45, 2.75) is 19.4 Å². The topological polar surface area (TPSA) is 59.6 Å². The van der Waals surface area contributed by atoms with Crippen LogP contribution in [0.15, 0.2) is 24.3 Å². The number of amides is 1. The maximum absolute atomic E-state index is 11.9. The molecule has 1 aliphatic heterocycles. The largest absolute Gasteiger partial charge is 0.494 e. The van der Waals surface area contributed by atoms with Crippen molar-refractivity contribution < 1.29 is 14.3 Å². The van der Waals surface area contributed by atoms with E-state index in [1.54, 1.807) is 0 Å². The first-order valence-electron chi connectivity index (χ1n) is 6.64. The van der Waals surface area contributed by atoms with E-state index in [1.807, 2.05) is 24.3 Å². The molecule has 1 aromatic carbocycles. The Morgan fingerprint density at radius 1 is 1.47 bits per heavy atom. The van der Waals surface area contributed by atoms with Gasteiger partial charge in [0, 0.05) is 12.2 Å². The number of hydrogen-bond donors (Lipinski definition) is 2. The quantitative estimate of drug-likeness (QED) is 0.844. The normalized spacial score (nSPS) is 18.9. The summed E-state index contributed by atoms with van der Waals surface area (Å²) in [7, 11) is 0. The summed E-state index contributed by atoms with van der Waals surface area (Å²) in [6, 6.07) is 7.12. The number of anilines is 1. The van der Waals surface area contributed by atoms with Crippen molar-refractivity contribution in [2.24, 2.45) is 0 Å². The third-order valence-corrected chi connectivity index (χ3v) is 2.83. The maximum Gasteiger partial charge on any atom is 0.243 e. The highest BCUT2D eigenvalue weighted by molar-refractivity contribution is 5.95. The Bertz CT molecular complexity index is 400. The van der Waals surface area contributed by atoms with Gasteiger partial charge in [0.2, 0.25) is 5.91 Å². The second-order valence-corrected chi connectivity index (χ2v) is 4.44. The highest BCUT2D eigenvalue weighted by Crippen LogP contribution is 2.16. The molecule has 2 N–H and O–H groups in total. The van der Waals surface area contributed by atoms with Crippen molar-refractivity contribution >= 4 is 11.6 Å². The van der Waals surface area contributed by atoms with E-state index in [0.717, 1.165) is 17.9 Å². The van der Waals surface area contributed by atoms with Gasteiger partial charge >= 0.3 is 0 Å². The van der Waals surface area contributed by atoms with Gasteiger partial charge in [-0.1, -0.05) is 6.92 Å². The van der Waals surface area contributed by atoms with Gasteiger partial charge in [-0.2, -0.15) is 0 Å². The number of carbonyl (C=O) groups excluding carboxylic acids is 1. The molecule has 2 rings (SSSR count). The van der Waals surface area contributed by atoms with E-state index in [-0.39, 0.29) is 11.9 Å². The number of nitrogens with one attached hydrogen (secondary N) is 2. The summed E-state index contributed by atoms with van der Waals surface area (Å²) in [5.41, 5.74) is 0.765. The van der Waals surface area contributed by atoms with Crippen molar-refractivity contribution in [2.75, 3.05) is 31.7 Å². The molecule has 104 valence electrons. The zero-order valence-electron chi connectivity index (χ0n) is 11.1. The zero-order valence-corrected chi connectivity index (χ0v) is 11.1. The van der Waals surface area contributed by atoms with Crippen molar-refractivity contribution in [3.8, 4) is 5.75 Å². The fourth-order valence-electron chi connectivity index (χ4n) is 1.82. The number of morpholine rings is 1. The van der Waals surface area contributed by atoms with Gasteiger partial charge in [0.25, 0.3) is 0 Å². The van der Waals surface area contributed by atoms with Crippen LogP contribution in [-0.2, 0) is 9.53 Å². The van der Waals surface area contributed by atoms with E-state index in [0.29, 0.717) is 26.4 Å². The molecule has 1 amide bonds. The molecule has 5 nitrogen and oxygen atoms in total. The van der Waals surface area contributed by atoms with E-state index < -0.39 is 0 Å². The van der Waals surface area contributed by atoms with Crippen LogP contribution in [0.2, 0.25) is 0 Å². The average Bonchev–Trinajstić information content (AvgIpc) is 2.47. The highest BCUT2D eigenvalue weighted by Gasteiger charge is 2.20. The molecule has 1 heterocycles. The minimum Gasteiger partial charge on any atom is -0.494 e. The number of rotatable bonds is 5. The van der Waals surface area contributed by atoms with E-state index in [1.165, 1.54) is 0 Å². The predicted molar refractivity (Wildman–Crippen MR) is 73.5 cm³/mol. The first-order chi connectivity index (χ1) is 9.29. The molecule has 19 heavy (non-hydrogen) atoms. The summed E-state index contributed by atoms with van der Waals surface area (Å²) in [6.07, 6.45) is 0.978. The Labute approximate surface area is 113 Å². The third-order valence-electron chi connectivity index (χ3n) is 2.83. The fraction of sp³-hybridized carbons (Fsp3) is 0.500. The van der Waals surface area contributed by atoms with Crippen LogP contribution in [0.3, 0.4) is 0 Å². The summed E-state index contributed by atoms with van der Waals surface area (Å²) in [4.78, 5) is 11.9. The van der Waals surface area contributed by atoms with Crippen LogP contribution < -0.4 is 15.4 Å². The van der Waals surface area contributed by atoms with E-state index in [4.69, 9.17) is 9.47 Å². The Morgan fingerprint density at radius 2 is 2.26 bits per heavy atom. The van der Waals surface area contributed by atoms with Gasteiger partial charge in [-0.25, -0.2) is 0 Å². The van der Waals surface area contributed by atoms with E-state index >= 15 is 0 Å². The van der Waals surface area contributed by atoms with Crippen LogP contribution in [0.1, 0.15) is 13.3 Å². The standard InChI is InChI=1S/C14H20N2O3/c1-2-8-19-12-5-3-11(4-6-12)16-14(17)13-10-18-9-7-15-13/h3-6,13,15H,2,7-10H2,1H3,(H,16,17). The summed E-state index contributed by atoms with van der Waals surface area (Å²) >= 11 is 0. The summed E-state index contributed by atoms with van der Waals surface area (Å²) < 4.78 is 10.7. The monoisotopic (exact) mass is 264 g/mol. The summed E-state index contributed by atoms with van der Waals surface area (Å²) in [5, 5.41) is 5.97. The van der Waals surface area contributed by atoms with Crippen molar-refractivity contribution in [1.82, 2.24) is 5.32 Å². The Kier molecular flexibility index (Phi) is 5.18. The maximum atomic E-state index is 11.9. The van der Waals surface area contributed by atoms with Gasteiger partial charge in [0.1, 0.15) is 11.8 Å². The number of benzene rings is 1. The minimum atomic E-state index is -0.273. The SMILES string of the molecule is CCCOc1ccc(NC(=O)C2COCCN2)cc1. The van der Waals surface area contributed by atoms with Crippen LogP contribution in [0.5, 0.6) is 5.75 Å². The minimum absolute atomic E-state index is 0.0677. The van der Waals surface area contributed by atoms with Gasteiger partial charge in [0.05, 0.1) is 19.8 Å². The molecule has 0 bridgehead atoms. The first-order valence-corrected chi connectivity index (χ1v) is 6.64. The Morgan fingerprint density at radius 3 is 2.89 bits per heavy atom. The summed E-state index contributed by atoms with van der Waals surface area (Å²) in [6.45, 7) is 4.56. The molecule has 0 saturated carbocycles. The van der Waals surface area contributed by atoms with E-state index in [2.05, 4.69) is 17.6 Å². The molecule has 5 heteroatoms. The van der Waals surface area contributed by atoms with Gasteiger partial charge in [0.15, 0.2) is 0 Å². The molecule has 0 aliphatic carbocycles. The van der Waals surface area contributed by atoms with Crippen LogP contribution in [0.25, 0.3) is 0 Å². The van der Waals surface area contributed by atoms with Crippen LogP contribution >= 0.6 is 0 Å². The number of carbonyl (C=O) groups is 1. The number of hydrogen-bond acceptors (Lipinski definition) is 4. The molecule has 1 atom stereocenters. The first kappa shape index (κ1) is 13.8. The molecular formula is C14H20N2O3. The predicted octanol–water partition coefficient (Wildman–Crippen LogP) is 1.40. The number of ether oxygens (including phenoxy) is 2. The lowest BCUT2D eigenvalue weighted by molar-refractivity contribution is -0.120. The van der Waals surface area contributed by atoms with Crippen LogP contribution in [0, 0.1) is 0 Å². The molecule has 0 aromatic heterocycles. The van der Waals surface area contributed by atoms with Crippen LogP contribution in [0.4, 0.5) is 5.69 Å². The van der Waals surface area contributed by atoms with Crippen molar-refractivity contribution in [1.29, 1.82) is 0 Å². The highest BCUT2D eigenvalue weighted by atomic mass is 16.5. The molecule has 1 aromatic rings. The zero-order chi connectivity index (χ0) is 13.5. The van der Waals surface area contributed by atoms with Gasteiger partial charge < -0.3 is 20.1 Å². The van der Waals surface area contributed by atoms with Crippen molar-refractivity contribution in [3.05, 3.63) is 24.3 Å². The molecule has 1 saturated heterocycles. The van der Waals surface area contributed by atoms with Gasteiger partial charge in [-0.05, 0) is 30.7 Å². The molecule has 0 radical (unpaired) electrons. The van der Waals surface area contributed by atoms with Gasteiger partial charge in [-0.3, -0.25) is 4.79 Å². The third kappa shape index (κ3) is 4.22. The second-order valence-electron chi connectivity index (χ2n) is 4.44. The lowest BCUT2D eigenvalue weighted by Crippen LogP contribution is -2.48. The fourth-order valence-corrected chi connectivity index (χ4v) is 1.82. The van der Waals surface area contributed by atoms with Crippen LogP contribution in [-0.4, -0.2) is 38.3 Å². The smallest absolute Gasteiger partial charge is 0.243 e. The average molecular weight is 264 g/mol. The lowest BCUT2D eigenvalue weighted by atomic mass is 10.2. The lowest BCUT2D eigenvalue weighted by Gasteiger charge is -2.22. The Hall–Kier alpha value is -1.59. The Balaban J connectivity index is 1.86. The second kappa shape index (κ2) is 7.11. The summed E-state index contributed by atoms with van der Waals surface area (Å²) in [5.74, 6) is 0.751. The molecular weight excluding hydrogens is 244 g/mol. The van der Waals surface area contributed by atoms with Gasteiger partial charge in [-0.15, -0.1) is 0 Å². The molecule has 1 unspecified atom stereocenters. The van der Waals surface area contributed by atoms with Crippen molar-refractivity contribution in [3.63, 3.8) is 0 Å².